The van der Waals surface area contributed by atoms with Crippen molar-refractivity contribution >= 4 is 21.8 Å². The van der Waals surface area contributed by atoms with Crippen LogP contribution in [0.5, 0.6) is 5.75 Å². The van der Waals surface area contributed by atoms with Crippen LogP contribution in [0.4, 0.5) is 0 Å². The van der Waals surface area contributed by atoms with Crippen molar-refractivity contribution in [2.75, 3.05) is 6.54 Å². The molecule has 0 saturated carbocycles. The Morgan fingerprint density at radius 1 is 1.24 bits per heavy atom. The van der Waals surface area contributed by atoms with Gasteiger partial charge in [-0.15, -0.1) is 0 Å². The SMILES string of the molecule is CC(CCNC(=O)c1cc(Br)ccc1O)c1ccccc1. The highest BCUT2D eigenvalue weighted by molar-refractivity contribution is 9.10. The largest absolute Gasteiger partial charge is 0.507 e. The second-order valence-corrected chi connectivity index (χ2v) is 5.93. The van der Waals surface area contributed by atoms with E-state index in [0.717, 1.165) is 10.9 Å². The normalized spacial score (nSPS) is 11.9. The molecule has 0 saturated heterocycles. The van der Waals surface area contributed by atoms with Gasteiger partial charge in [-0.05, 0) is 36.1 Å². The minimum Gasteiger partial charge on any atom is -0.507 e. The van der Waals surface area contributed by atoms with Crippen LogP contribution in [0.15, 0.2) is 53.0 Å². The summed E-state index contributed by atoms with van der Waals surface area (Å²) in [6.45, 7) is 2.71. The lowest BCUT2D eigenvalue weighted by atomic mass is 9.98. The third-order valence-electron chi connectivity index (χ3n) is 3.43. The minimum atomic E-state index is -0.255. The fraction of sp³-hybridized carbons (Fsp3) is 0.235. The van der Waals surface area contributed by atoms with Gasteiger partial charge in [-0.2, -0.15) is 0 Å². The van der Waals surface area contributed by atoms with Gasteiger partial charge in [0, 0.05) is 11.0 Å². The van der Waals surface area contributed by atoms with E-state index >= 15 is 0 Å². The van der Waals surface area contributed by atoms with Crippen molar-refractivity contribution in [1.29, 1.82) is 0 Å². The van der Waals surface area contributed by atoms with E-state index in [2.05, 4.69) is 40.3 Å². The predicted molar refractivity (Wildman–Crippen MR) is 87.6 cm³/mol. The van der Waals surface area contributed by atoms with Crippen LogP contribution in [-0.4, -0.2) is 17.6 Å². The van der Waals surface area contributed by atoms with E-state index < -0.39 is 0 Å². The van der Waals surface area contributed by atoms with Gasteiger partial charge in [-0.1, -0.05) is 53.2 Å². The van der Waals surface area contributed by atoms with Crippen molar-refractivity contribution in [3.63, 3.8) is 0 Å². The predicted octanol–water partition coefficient (Wildman–Crippen LogP) is 4.08. The van der Waals surface area contributed by atoms with Crippen LogP contribution < -0.4 is 5.32 Å². The third-order valence-corrected chi connectivity index (χ3v) is 3.93. The highest BCUT2D eigenvalue weighted by Crippen LogP contribution is 2.22. The fourth-order valence-corrected chi connectivity index (χ4v) is 2.50. The zero-order chi connectivity index (χ0) is 15.2. The number of hydrogen-bond acceptors (Lipinski definition) is 2. The molecule has 1 unspecified atom stereocenters. The Morgan fingerprint density at radius 2 is 1.95 bits per heavy atom. The van der Waals surface area contributed by atoms with Crippen molar-refractivity contribution in [3.05, 3.63) is 64.1 Å². The van der Waals surface area contributed by atoms with Gasteiger partial charge in [0.05, 0.1) is 5.56 Å². The average Bonchev–Trinajstić information content (AvgIpc) is 2.50. The summed E-state index contributed by atoms with van der Waals surface area (Å²) >= 11 is 3.30. The van der Waals surface area contributed by atoms with Crippen molar-refractivity contribution in [3.8, 4) is 5.75 Å². The first-order valence-electron chi connectivity index (χ1n) is 6.89. The number of rotatable bonds is 5. The van der Waals surface area contributed by atoms with Crippen molar-refractivity contribution < 1.29 is 9.90 Å². The lowest BCUT2D eigenvalue weighted by Gasteiger charge is -2.13. The Hall–Kier alpha value is -1.81. The van der Waals surface area contributed by atoms with E-state index in [1.54, 1.807) is 12.1 Å². The zero-order valence-electron chi connectivity index (χ0n) is 11.8. The first-order chi connectivity index (χ1) is 10.1. The number of amides is 1. The van der Waals surface area contributed by atoms with Gasteiger partial charge in [-0.25, -0.2) is 0 Å². The molecule has 0 aliphatic carbocycles. The number of carbonyl (C=O) groups is 1. The molecule has 0 radical (unpaired) electrons. The molecular weight excluding hydrogens is 330 g/mol. The molecule has 1 amide bonds. The Morgan fingerprint density at radius 3 is 2.67 bits per heavy atom. The summed E-state index contributed by atoms with van der Waals surface area (Å²) < 4.78 is 0.767. The molecule has 2 rings (SSSR count). The van der Waals surface area contributed by atoms with Gasteiger partial charge >= 0.3 is 0 Å². The zero-order valence-corrected chi connectivity index (χ0v) is 13.4. The maximum absolute atomic E-state index is 12.0. The molecule has 1 atom stereocenters. The van der Waals surface area contributed by atoms with Gasteiger partial charge in [0.2, 0.25) is 0 Å². The molecule has 3 nitrogen and oxygen atoms in total. The Labute approximate surface area is 133 Å². The van der Waals surface area contributed by atoms with Crippen molar-refractivity contribution in [1.82, 2.24) is 5.32 Å². The van der Waals surface area contributed by atoms with Crippen molar-refractivity contribution in [2.45, 2.75) is 19.3 Å². The molecule has 0 bridgehead atoms. The van der Waals surface area contributed by atoms with Gasteiger partial charge in [0.1, 0.15) is 5.75 Å². The van der Waals surface area contributed by atoms with E-state index in [1.165, 1.54) is 11.6 Å². The number of benzene rings is 2. The minimum absolute atomic E-state index is 0.00759. The number of phenols is 1. The van der Waals surface area contributed by atoms with E-state index in [9.17, 15) is 9.90 Å². The topological polar surface area (TPSA) is 49.3 Å². The monoisotopic (exact) mass is 347 g/mol. The van der Waals surface area contributed by atoms with Gasteiger partial charge in [0.25, 0.3) is 5.91 Å². The van der Waals surface area contributed by atoms with Gasteiger partial charge in [0.15, 0.2) is 0 Å². The fourth-order valence-electron chi connectivity index (χ4n) is 2.14. The molecule has 4 heteroatoms. The number of hydrogen-bond donors (Lipinski definition) is 2. The molecular formula is C17H18BrNO2. The summed E-state index contributed by atoms with van der Waals surface area (Å²) in [5.74, 6) is 0.114. The van der Waals surface area contributed by atoms with Crippen LogP contribution in [0, 0.1) is 0 Å². The first kappa shape index (κ1) is 15.6. The van der Waals surface area contributed by atoms with Crippen LogP contribution in [-0.2, 0) is 0 Å². The summed E-state index contributed by atoms with van der Waals surface area (Å²) in [6.07, 6.45) is 0.852. The molecule has 0 aromatic heterocycles. The standard InChI is InChI=1S/C17H18BrNO2/c1-12(13-5-3-2-4-6-13)9-10-19-17(21)15-11-14(18)7-8-16(15)20/h2-8,11-12,20H,9-10H2,1H3,(H,19,21). The molecule has 110 valence electrons. The lowest BCUT2D eigenvalue weighted by molar-refractivity contribution is 0.0950. The molecule has 0 aliphatic heterocycles. The molecule has 2 N–H and O–H groups in total. The van der Waals surface area contributed by atoms with E-state index in [-0.39, 0.29) is 17.2 Å². The van der Waals surface area contributed by atoms with E-state index in [1.807, 2.05) is 18.2 Å². The molecule has 0 spiro atoms. The molecule has 0 heterocycles. The molecule has 2 aromatic rings. The first-order valence-corrected chi connectivity index (χ1v) is 7.69. The summed E-state index contributed by atoms with van der Waals surface area (Å²) in [5, 5.41) is 12.6. The van der Waals surface area contributed by atoms with E-state index in [4.69, 9.17) is 0 Å². The second-order valence-electron chi connectivity index (χ2n) is 5.02. The molecule has 0 aliphatic rings. The number of nitrogens with one attached hydrogen (secondary N) is 1. The molecule has 0 fully saturated rings. The number of carbonyl (C=O) groups excluding carboxylic acids is 1. The third kappa shape index (κ3) is 4.33. The smallest absolute Gasteiger partial charge is 0.255 e. The van der Waals surface area contributed by atoms with Crippen LogP contribution in [0.1, 0.15) is 35.2 Å². The van der Waals surface area contributed by atoms with Crippen LogP contribution in [0.3, 0.4) is 0 Å². The highest BCUT2D eigenvalue weighted by Gasteiger charge is 2.12. The number of halogens is 1. The Bertz CT molecular complexity index is 613. The van der Waals surface area contributed by atoms with Crippen molar-refractivity contribution in [2.24, 2.45) is 0 Å². The quantitative estimate of drug-likeness (QED) is 0.856. The maximum Gasteiger partial charge on any atom is 0.255 e. The van der Waals surface area contributed by atoms with Crippen LogP contribution >= 0.6 is 15.9 Å². The number of aromatic hydroxyl groups is 1. The summed E-state index contributed by atoms with van der Waals surface area (Å²) in [5.41, 5.74) is 1.55. The van der Waals surface area contributed by atoms with Crippen LogP contribution in [0.25, 0.3) is 0 Å². The molecule has 21 heavy (non-hydrogen) atoms. The average molecular weight is 348 g/mol. The van der Waals surface area contributed by atoms with Gasteiger partial charge in [-0.3, -0.25) is 4.79 Å². The second kappa shape index (κ2) is 7.27. The van der Waals surface area contributed by atoms with E-state index in [0.29, 0.717) is 12.5 Å². The highest BCUT2D eigenvalue weighted by atomic mass is 79.9. The number of phenolic OH excluding ortho intramolecular Hbond substituents is 1. The lowest BCUT2D eigenvalue weighted by Crippen LogP contribution is -2.25. The summed E-state index contributed by atoms with van der Waals surface area (Å²) in [7, 11) is 0. The van der Waals surface area contributed by atoms with Gasteiger partial charge < -0.3 is 10.4 Å². The van der Waals surface area contributed by atoms with Crippen LogP contribution in [0.2, 0.25) is 0 Å². The summed E-state index contributed by atoms with van der Waals surface area (Å²) in [6, 6.07) is 15.0. The summed E-state index contributed by atoms with van der Waals surface area (Å²) in [4.78, 5) is 12.0. The maximum atomic E-state index is 12.0. The molecule has 2 aromatic carbocycles. The Balaban J connectivity index is 1.88. The Kier molecular flexibility index (Phi) is 5.39.